The van der Waals surface area contributed by atoms with Crippen LogP contribution in [-0.4, -0.2) is 15.6 Å². The maximum Gasteiger partial charge on any atom is 0.160 e. The number of anilines is 1. The minimum Gasteiger partial charge on any atom is -0.344 e. The van der Waals surface area contributed by atoms with Crippen LogP contribution in [0, 0.1) is 0 Å². The van der Waals surface area contributed by atoms with Crippen molar-refractivity contribution in [2.24, 2.45) is 0 Å². The molecule has 0 radical (unpaired) electrons. The maximum absolute atomic E-state index is 12.3. The van der Waals surface area contributed by atoms with Crippen molar-refractivity contribution < 1.29 is 4.79 Å². The van der Waals surface area contributed by atoms with E-state index in [1.165, 1.54) is 0 Å². The molecule has 2 aromatic carbocycles. The predicted octanol–water partition coefficient (Wildman–Crippen LogP) is 4.43. The van der Waals surface area contributed by atoms with Gasteiger partial charge in [0.1, 0.15) is 11.9 Å². The molecule has 0 saturated heterocycles. The number of allylic oxidation sites excluding steroid dienone is 2. The molecule has 1 aliphatic rings. The Hall–Kier alpha value is -3.14. The first-order valence-electron chi connectivity index (χ1n) is 8.34. The normalized spacial score (nSPS) is 16.3. The van der Waals surface area contributed by atoms with Crippen molar-refractivity contribution in [2.45, 2.75) is 19.9 Å². The van der Waals surface area contributed by atoms with Crippen molar-refractivity contribution in [2.75, 3.05) is 5.32 Å². The van der Waals surface area contributed by atoms with Crippen LogP contribution in [0.3, 0.4) is 0 Å². The number of aromatic nitrogens is 2. The fourth-order valence-corrected chi connectivity index (χ4v) is 3.42. The molecule has 1 atom stereocenters. The Kier molecular flexibility index (Phi) is 3.73. The number of carbonyl (C=O) groups is 1. The first kappa shape index (κ1) is 15.4. The Morgan fingerprint density at radius 2 is 1.68 bits per heavy atom. The van der Waals surface area contributed by atoms with Crippen molar-refractivity contribution in [3.63, 3.8) is 0 Å². The molecule has 4 heteroatoms. The van der Waals surface area contributed by atoms with Gasteiger partial charge in [0.05, 0.1) is 5.69 Å². The van der Waals surface area contributed by atoms with E-state index in [2.05, 4.69) is 5.32 Å². The van der Waals surface area contributed by atoms with Gasteiger partial charge in [0.2, 0.25) is 0 Å². The average Bonchev–Trinajstić information content (AvgIpc) is 3.05. The summed E-state index contributed by atoms with van der Waals surface area (Å²) in [7, 11) is 0. The van der Waals surface area contributed by atoms with Gasteiger partial charge in [-0.3, -0.25) is 4.79 Å². The molecule has 0 spiro atoms. The molecule has 0 fully saturated rings. The number of ketones is 1. The third-order valence-electron chi connectivity index (χ3n) is 4.54. The maximum atomic E-state index is 12.3. The fourth-order valence-electron chi connectivity index (χ4n) is 3.42. The second kappa shape index (κ2) is 6.06. The lowest BCUT2D eigenvalue weighted by Crippen LogP contribution is -2.27. The molecule has 1 aromatic heterocycles. The monoisotopic (exact) mass is 329 g/mol. The molecule has 0 aliphatic carbocycles. The summed E-state index contributed by atoms with van der Waals surface area (Å²) in [6.07, 6.45) is 0. The van der Waals surface area contributed by atoms with Crippen molar-refractivity contribution in [1.29, 1.82) is 0 Å². The number of carbonyl (C=O) groups excluding carboxylic acids is 1. The zero-order valence-electron chi connectivity index (χ0n) is 14.2. The summed E-state index contributed by atoms with van der Waals surface area (Å²) >= 11 is 0. The van der Waals surface area contributed by atoms with Gasteiger partial charge in [-0.25, -0.2) is 4.68 Å². The summed E-state index contributed by atoms with van der Waals surface area (Å²) in [6, 6.07) is 21.9. The lowest BCUT2D eigenvalue weighted by molar-refractivity contribution is -0.114. The van der Waals surface area contributed by atoms with Crippen molar-refractivity contribution in [3.05, 3.63) is 83.6 Å². The number of hydrogen-bond acceptors (Lipinski definition) is 3. The molecule has 1 aliphatic heterocycles. The lowest BCUT2D eigenvalue weighted by Gasteiger charge is -2.29. The van der Waals surface area contributed by atoms with Crippen molar-refractivity contribution >= 4 is 11.6 Å². The van der Waals surface area contributed by atoms with Crippen LogP contribution in [0.15, 0.2) is 78.0 Å². The zero-order chi connectivity index (χ0) is 17.4. The van der Waals surface area contributed by atoms with E-state index in [0.717, 1.165) is 33.9 Å². The summed E-state index contributed by atoms with van der Waals surface area (Å²) in [5.74, 6) is 0.955. The van der Waals surface area contributed by atoms with Gasteiger partial charge in [0, 0.05) is 22.9 Å². The summed E-state index contributed by atoms with van der Waals surface area (Å²) in [4.78, 5) is 12.3. The third kappa shape index (κ3) is 2.66. The summed E-state index contributed by atoms with van der Waals surface area (Å²) in [5, 5.41) is 8.15. The molecule has 4 nitrogen and oxygen atoms in total. The first-order chi connectivity index (χ1) is 12.1. The third-order valence-corrected chi connectivity index (χ3v) is 4.54. The molecule has 4 rings (SSSR count). The van der Waals surface area contributed by atoms with Gasteiger partial charge in [-0.2, -0.15) is 5.10 Å². The van der Waals surface area contributed by atoms with E-state index in [9.17, 15) is 4.79 Å². The van der Waals surface area contributed by atoms with Gasteiger partial charge in [-0.05, 0) is 19.4 Å². The molecule has 124 valence electrons. The Morgan fingerprint density at radius 3 is 2.32 bits per heavy atom. The van der Waals surface area contributed by atoms with Crippen molar-refractivity contribution in [3.8, 4) is 11.3 Å². The van der Waals surface area contributed by atoms with Crippen molar-refractivity contribution in [1.82, 2.24) is 9.78 Å². The van der Waals surface area contributed by atoms with Gasteiger partial charge >= 0.3 is 0 Å². The highest BCUT2D eigenvalue weighted by atomic mass is 16.1. The SMILES string of the molecule is CC(=O)C1=C(C)Nc2cc(-c3ccccc3)nn2C1c1ccccc1. The molecule has 0 bridgehead atoms. The number of benzene rings is 2. The van der Waals surface area contributed by atoms with E-state index in [1.807, 2.05) is 78.3 Å². The zero-order valence-corrected chi connectivity index (χ0v) is 14.2. The minimum absolute atomic E-state index is 0.0567. The average molecular weight is 329 g/mol. The molecule has 25 heavy (non-hydrogen) atoms. The standard InChI is InChI=1S/C21H19N3O/c1-14-20(15(2)25)21(17-11-7-4-8-12-17)24-19(22-14)13-18(23-24)16-9-5-3-6-10-16/h3-13,21-22H,1-2H3. The smallest absolute Gasteiger partial charge is 0.160 e. The molecule has 3 aromatic rings. The molecular formula is C21H19N3O. The van der Waals surface area contributed by atoms with Crippen LogP contribution >= 0.6 is 0 Å². The largest absolute Gasteiger partial charge is 0.344 e. The molecule has 1 N–H and O–H groups in total. The molecular weight excluding hydrogens is 310 g/mol. The number of nitrogens with one attached hydrogen (secondary N) is 1. The van der Waals surface area contributed by atoms with Gasteiger partial charge < -0.3 is 5.32 Å². The Morgan fingerprint density at radius 1 is 1.04 bits per heavy atom. The van der Waals surface area contributed by atoms with Crippen LogP contribution in [-0.2, 0) is 4.79 Å². The molecule has 0 saturated carbocycles. The Labute approximate surface area is 146 Å². The van der Waals surface area contributed by atoms with Crippen LogP contribution < -0.4 is 5.32 Å². The lowest BCUT2D eigenvalue weighted by atomic mass is 9.93. The van der Waals surface area contributed by atoms with Gasteiger partial charge in [0.25, 0.3) is 0 Å². The van der Waals surface area contributed by atoms with E-state index < -0.39 is 0 Å². The summed E-state index contributed by atoms with van der Waals surface area (Å²) in [6.45, 7) is 3.56. The highest BCUT2D eigenvalue weighted by Gasteiger charge is 2.31. The van der Waals surface area contributed by atoms with Crippen LogP contribution in [0.1, 0.15) is 25.5 Å². The second-order valence-electron chi connectivity index (χ2n) is 6.26. The van der Waals surface area contributed by atoms with Gasteiger partial charge in [-0.15, -0.1) is 0 Å². The highest BCUT2D eigenvalue weighted by Crippen LogP contribution is 2.37. The molecule has 1 unspecified atom stereocenters. The summed E-state index contributed by atoms with van der Waals surface area (Å²) in [5.41, 5.74) is 4.63. The van der Waals surface area contributed by atoms with Crippen LogP contribution in [0.2, 0.25) is 0 Å². The fraction of sp³-hybridized carbons (Fsp3) is 0.143. The van der Waals surface area contributed by atoms with Crippen LogP contribution in [0.25, 0.3) is 11.3 Å². The highest BCUT2D eigenvalue weighted by molar-refractivity contribution is 5.96. The van der Waals surface area contributed by atoms with E-state index >= 15 is 0 Å². The Balaban J connectivity index is 1.89. The predicted molar refractivity (Wildman–Crippen MR) is 99.2 cm³/mol. The summed E-state index contributed by atoms with van der Waals surface area (Å²) < 4.78 is 1.92. The number of hydrogen-bond donors (Lipinski definition) is 1. The van der Waals surface area contributed by atoms with Gasteiger partial charge in [0.15, 0.2) is 5.78 Å². The second-order valence-corrected chi connectivity index (χ2v) is 6.26. The number of fused-ring (bicyclic) bond motifs is 1. The van der Waals surface area contributed by atoms with Gasteiger partial charge in [-0.1, -0.05) is 60.7 Å². The Bertz CT molecular complexity index is 955. The van der Waals surface area contributed by atoms with E-state index in [4.69, 9.17) is 5.10 Å². The first-order valence-corrected chi connectivity index (χ1v) is 8.34. The van der Waals surface area contributed by atoms with E-state index in [0.29, 0.717) is 0 Å². The molecule has 2 heterocycles. The number of nitrogens with zero attached hydrogens (tertiary/aromatic N) is 2. The van der Waals surface area contributed by atoms with E-state index in [1.54, 1.807) is 6.92 Å². The van der Waals surface area contributed by atoms with Crippen LogP contribution in [0.5, 0.6) is 0 Å². The topological polar surface area (TPSA) is 46.9 Å². The van der Waals surface area contributed by atoms with Crippen LogP contribution in [0.4, 0.5) is 5.82 Å². The molecule has 0 amide bonds. The number of Topliss-reactive ketones (excluding diaryl/α,β-unsaturated/α-hetero) is 1. The number of rotatable bonds is 3. The minimum atomic E-state index is -0.215. The quantitative estimate of drug-likeness (QED) is 0.773. The van der Waals surface area contributed by atoms with E-state index in [-0.39, 0.29) is 11.8 Å².